The Balaban J connectivity index is 3.60. The van der Waals surface area contributed by atoms with E-state index in [-0.39, 0.29) is 18.0 Å². The molecule has 0 aliphatic heterocycles. The number of Topliss-reactive ketones (excluding diaryl/α,β-unsaturated/α-hetero) is 1. The molecule has 0 aromatic heterocycles. The second-order valence-electron chi connectivity index (χ2n) is 2.10. The molecular formula is C8H12O3. The Hall–Kier alpha value is -1.12. The van der Waals surface area contributed by atoms with E-state index in [4.69, 9.17) is 4.74 Å². The monoisotopic (exact) mass is 156 g/mol. The number of ketones is 2. The van der Waals surface area contributed by atoms with Gasteiger partial charge in [-0.15, -0.1) is 0 Å². The van der Waals surface area contributed by atoms with E-state index in [9.17, 15) is 9.59 Å². The minimum atomic E-state index is -0.217. The Labute approximate surface area is 66.0 Å². The Kier molecular flexibility index (Phi) is 5.07. The molecule has 0 atom stereocenters. The first-order valence-corrected chi connectivity index (χ1v) is 3.47. The van der Waals surface area contributed by atoms with Gasteiger partial charge in [-0.05, 0) is 13.8 Å². The third kappa shape index (κ3) is 6.77. The highest BCUT2D eigenvalue weighted by molar-refractivity contribution is 6.03. The van der Waals surface area contributed by atoms with Crippen molar-refractivity contribution in [3.05, 3.63) is 12.3 Å². The van der Waals surface area contributed by atoms with Crippen LogP contribution in [0.3, 0.4) is 0 Å². The highest BCUT2D eigenvalue weighted by Crippen LogP contribution is 1.87. The fourth-order valence-corrected chi connectivity index (χ4v) is 0.525. The van der Waals surface area contributed by atoms with E-state index in [1.807, 2.05) is 6.92 Å². The maximum atomic E-state index is 10.7. The van der Waals surface area contributed by atoms with Crippen LogP contribution in [-0.4, -0.2) is 18.2 Å². The molecule has 0 saturated heterocycles. The smallest absolute Gasteiger partial charge is 0.166 e. The summed E-state index contributed by atoms with van der Waals surface area (Å²) in [7, 11) is 0. The molecular weight excluding hydrogens is 144 g/mol. The Morgan fingerprint density at radius 1 is 1.45 bits per heavy atom. The predicted octanol–water partition coefficient (Wildman–Crippen LogP) is 1.08. The quantitative estimate of drug-likeness (QED) is 0.340. The van der Waals surface area contributed by atoms with Gasteiger partial charge in [-0.25, -0.2) is 0 Å². The van der Waals surface area contributed by atoms with E-state index in [1.165, 1.54) is 19.3 Å². The first kappa shape index (κ1) is 9.88. The zero-order valence-electron chi connectivity index (χ0n) is 6.79. The van der Waals surface area contributed by atoms with Gasteiger partial charge in [0.05, 0.1) is 19.3 Å². The third-order valence-corrected chi connectivity index (χ3v) is 0.940. The van der Waals surface area contributed by atoms with Crippen LogP contribution in [0.1, 0.15) is 20.3 Å². The third-order valence-electron chi connectivity index (χ3n) is 0.940. The first-order chi connectivity index (χ1) is 5.16. The van der Waals surface area contributed by atoms with Crippen LogP contribution in [0.15, 0.2) is 12.3 Å². The zero-order chi connectivity index (χ0) is 8.69. The summed E-state index contributed by atoms with van der Waals surface area (Å²) in [5.74, 6) is -0.345. The lowest BCUT2D eigenvalue weighted by molar-refractivity contribution is -0.123. The molecule has 3 heteroatoms. The number of hydrogen-bond donors (Lipinski definition) is 0. The Bertz CT molecular complexity index is 170. The van der Waals surface area contributed by atoms with Crippen LogP contribution in [0.4, 0.5) is 0 Å². The van der Waals surface area contributed by atoms with Gasteiger partial charge in [0.2, 0.25) is 0 Å². The topological polar surface area (TPSA) is 43.4 Å². The number of allylic oxidation sites excluding steroid dienone is 1. The summed E-state index contributed by atoms with van der Waals surface area (Å²) < 4.78 is 4.77. The number of carbonyl (C=O) groups is 2. The second kappa shape index (κ2) is 5.65. The normalized spacial score (nSPS) is 10.0. The van der Waals surface area contributed by atoms with Crippen molar-refractivity contribution in [1.82, 2.24) is 0 Å². The van der Waals surface area contributed by atoms with Crippen LogP contribution < -0.4 is 0 Å². The standard InChI is InChI=1S/C8H12O3/c1-3-11-5-4-8(10)6-7(2)9/h4-5H,3,6H2,1-2H3. The van der Waals surface area contributed by atoms with Gasteiger partial charge < -0.3 is 4.74 Å². The summed E-state index contributed by atoms with van der Waals surface area (Å²) in [4.78, 5) is 21.1. The first-order valence-electron chi connectivity index (χ1n) is 3.47. The lowest BCUT2D eigenvalue weighted by atomic mass is 10.2. The molecule has 0 aromatic rings. The molecule has 0 spiro atoms. The number of ether oxygens (including phenoxy) is 1. The van der Waals surface area contributed by atoms with Crippen molar-refractivity contribution in [3.8, 4) is 0 Å². The van der Waals surface area contributed by atoms with Crippen LogP contribution in [0.25, 0.3) is 0 Å². The summed E-state index contributed by atoms with van der Waals surface area (Å²) in [6.45, 7) is 3.73. The molecule has 3 nitrogen and oxygen atoms in total. The lowest BCUT2D eigenvalue weighted by Crippen LogP contribution is -2.00. The van der Waals surface area contributed by atoms with Gasteiger partial charge in [0, 0.05) is 6.08 Å². The molecule has 0 rings (SSSR count). The predicted molar refractivity (Wildman–Crippen MR) is 41.1 cm³/mol. The van der Waals surface area contributed by atoms with E-state index >= 15 is 0 Å². The molecule has 0 heterocycles. The molecule has 0 aromatic carbocycles. The highest BCUT2D eigenvalue weighted by Gasteiger charge is 1.99. The van der Waals surface area contributed by atoms with Gasteiger partial charge in [0.25, 0.3) is 0 Å². The van der Waals surface area contributed by atoms with Crippen LogP contribution in [0, 0.1) is 0 Å². The Morgan fingerprint density at radius 3 is 2.55 bits per heavy atom. The lowest BCUT2D eigenvalue weighted by Gasteiger charge is -1.91. The van der Waals surface area contributed by atoms with Gasteiger partial charge >= 0.3 is 0 Å². The average molecular weight is 156 g/mol. The number of rotatable bonds is 5. The fourth-order valence-electron chi connectivity index (χ4n) is 0.525. The SMILES string of the molecule is CCOC=CC(=O)CC(C)=O. The van der Waals surface area contributed by atoms with Crippen molar-refractivity contribution >= 4 is 11.6 Å². The van der Waals surface area contributed by atoms with E-state index in [0.29, 0.717) is 6.61 Å². The van der Waals surface area contributed by atoms with E-state index in [1.54, 1.807) is 0 Å². The van der Waals surface area contributed by atoms with Gasteiger partial charge in [-0.1, -0.05) is 0 Å². The highest BCUT2D eigenvalue weighted by atomic mass is 16.5. The van der Waals surface area contributed by atoms with Crippen molar-refractivity contribution in [2.24, 2.45) is 0 Å². The molecule has 0 N–H and O–H groups in total. The number of hydrogen-bond acceptors (Lipinski definition) is 3. The van der Waals surface area contributed by atoms with Crippen LogP contribution >= 0.6 is 0 Å². The largest absolute Gasteiger partial charge is 0.501 e. The van der Waals surface area contributed by atoms with Crippen molar-refractivity contribution in [2.75, 3.05) is 6.61 Å². The van der Waals surface area contributed by atoms with E-state index < -0.39 is 0 Å². The van der Waals surface area contributed by atoms with Crippen LogP contribution in [0.2, 0.25) is 0 Å². The van der Waals surface area contributed by atoms with Crippen molar-refractivity contribution in [3.63, 3.8) is 0 Å². The van der Waals surface area contributed by atoms with Gasteiger partial charge in [0.1, 0.15) is 5.78 Å². The van der Waals surface area contributed by atoms with Gasteiger partial charge in [-0.3, -0.25) is 9.59 Å². The maximum absolute atomic E-state index is 10.7. The minimum Gasteiger partial charge on any atom is -0.501 e. The van der Waals surface area contributed by atoms with Crippen molar-refractivity contribution in [1.29, 1.82) is 0 Å². The zero-order valence-corrected chi connectivity index (χ0v) is 6.79. The van der Waals surface area contributed by atoms with Crippen molar-refractivity contribution < 1.29 is 14.3 Å². The number of carbonyl (C=O) groups excluding carboxylic acids is 2. The maximum Gasteiger partial charge on any atom is 0.166 e. The summed E-state index contributed by atoms with van der Waals surface area (Å²) in [6.07, 6.45) is 2.54. The summed E-state index contributed by atoms with van der Waals surface area (Å²) in [5, 5.41) is 0. The molecule has 0 fully saturated rings. The Morgan fingerprint density at radius 2 is 2.09 bits per heavy atom. The fraction of sp³-hybridized carbons (Fsp3) is 0.500. The van der Waals surface area contributed by atoms with E-state index in [2.05, 4.69) is 0 Å². The molecule has 62 valence electrons. The summed E-state index contributed by atoms with van der Waals surface area (Å²) in [6, 6.07) is 0. The van der Waals surface area contributed by atoms with Crippen LogP contribution in [0.5, 0.6) is 0 Å². The van der Waals surface area contributed by atoms with Crippen molar-refractivity contribution in [2.45, 2.75) is 20.3 Å². The summed E-state index contributed by atoms with van der Waals surface area (Å²) in [5.41, 5.74) is 0. The molecule has 0 unspecified atom stereocenters. The molecule has 0 amide bonds. The molecule has 0 radical (unpaired) electrons. The molecule has 0 aliphatic rings. The van der Waals surface area contributed by atoms with Crippen LogP contribution in [-0.2, 0) is 14.3 Å². The summed E-state index contributed by atoms with van der Waals surface area (Å²) >= 11 is 0. The minimum absolute atomic E-state index is 0.0381. The average Bonchev–Trinajstić information content (AvgIpc) is 1.86. The van der Waals surface area contributed by atoms with Gasteiger partial charge in [0.15, 0.2) is 5.78 Å². The second-order valence-corrected chi connectivity index (χ2v) is 2.10. The molecule has 11 heavy (non-hydrogen) atoms. The van der Waals surface area contributed by atoms with Gasteiger partial charge in [-0.2, -0.15) is 0 Å². The molecule has 0 bridgehead atoms. The van der Waals surface area contributed by atoms with E-state index in [0.717, 1.165) is 0 Å². The molecule has 0 saturated carbocycles. The molecule has 0 aliphatic carbocycles.